The Bertz CT molecular complexity index is 461. The van der Waals surface area contributed by atoms with Crippen molar-refractivity contribution in [1.29, 1.82) is 0 Å². The predicted octanol–water partition coefficient (Wildman–Crippen LogP) is 4.28. The third-order valence-corrected chi connectivity index (χ3v) is 4.57. The van der Waals surface area contributed by atoms with Crippen LogP contribution in [0.1, 0.15) is 44.0 Å². The predicted molar refractivity (Wildman–Crippen MR) is 84.4 cm³/mol. The highest BCUT2D eigenvalue weighted by Crippen LogP contribution is 2.33. The molecule has 1 saturated heterocycles. The Kier molecular flexibility index (Phi) is 4.87. The highest BCUT2D eigenvalue weighted by Gasteiger charge is 2.31. The lowest BCUT2D eigenvalue weighted by Crippen LogP contribution is -2.27. The van der Waals surface area contributed by atoms with Gasteiger partial charge in [0, 0.05) is 30.1 Å². The number of carbonyl (C=O) groups is 1. The van der Waals surface area contributed by atoms with E-state index in [9.17, 15) is 4.79 Å². The monoisotopic (exact) mass is 293 g/mol. The van der Waals surface area contributed by atoms with E-state index in [1.807, 2.05) is 12.1 Å². The number of halogens is 1. The van der Waals surface area contributed by atoms with Crippen LogP contribution in [0.2, 0.25) is 5.02 Å². The first-order valence-electron chi connectivity index (χ1n) is 7.37. The van der Waals surface area contributed by atoms with Crippen LogP contribution in [0, 0.1) is 11.3 Å². The van der Waals surface area contributed by atoms with Crippen molar-refractivity contribution in [3.63, 3.8) is 0 Å². The molecule has 20 heavy (non-hydrogen) atoms. The molecular weight excluding hydrogens is 270 g/mol. The van der Waals surface area contributed by atoms with Crippen LogP contribution in [0.5, 0.6) is 0 Å². The number of hydrogen-bond acceptors (Lipinski definition) is 2. The smallest absolute Gasteiger partial charge is 0.164 e. The maximum absolute atomic E-state index is 12.1. The molecule has 2 rings (SSSR count). The third kappa shape index (κ3) is 4.07. The summed E-state index contributed by atoms with van der Waals surface area (Å²) in [6.45, 7) is 10.0. The maximum atomic E-state index is 12.1. The average Bonchev–Trinajstić information content (AvgIpc) is 2.85. The first kappa shape index (κ1) is 15.5. The number of carbonyl (C=O) groups excluding carboxylic acids is 1. The van der Waals surface area contributed by atoms with Crippen molar-refractivity contribution in [3.05, 3.63) is 34.9 Å². The minimum absolute atomic E-state index is 0.209. The molecule has 3 heteroatoms. The molecule has 0 N–H and O–H groups in total. The first-order valence-corrected chi connectivity index (χ1v) is 7.75. The van der Waals surface area contributed by atoms with E-state index in [0.717, 1.165) is 31.1 Å². The standard InChI is InChI=1S/C17H24ClNO/c1-17(2,3)14-8-10-19(12-14)11-9-16(20)13-4-6-15(18)7-5-13/h4-7,14H,8-12H2,1-3H3. The van der Waals surface area contributed by atoms with E-state index in [4.69, 9.17) is 11.6 Å². The van der Waals surface area contributed by atoms with E-state index in [1.54, 1.807) is 12.1 Å². The quantitative estimate of drug-likeness (QED) is 0.772. The van der Waals surface area contributed by atoms with Crippen LogP contribution in [0.3, 0.4) is 0 Å². The number of rotatable bonds is 4. The molecule has 1 heterocycles. The second-order valence-electron chi connectivity index (χ2n) is 6.83. The van der Waals surface area contributed by atoms with Crippen LogP contribution in [0.25, 0.3) is 0 Å². The van der Waals surface area contributed by atoms with Crippen molar-refractivity contribution in [2.24, 2.45) is 11.3 Å². The van der Waals surface area contributed by atoms with Gasteiger partial charge in [-0.25, -0.2) is 0 Å². The third-order valence-electron chi connectivity index (χ3n) is 4.32. The molecule has 1 unspecified atom stereocenters. The Morgan fingerprint density at radius 3 is 2.50 bits per heavy atom. The van der Waals surface area contributed by atoms with Gasteiger partial charge in [-0.3, -0.25) is 4.79 Å². The lowest BCUT2D eigenvalue weighted by Gasteiger charge is -2.27. The van der Waals surface area contributed by atoms with Crippen molar-refractivity contribution >= 4 is 17.4 Å². The van der Waals surface area contributed by atoms with Gasteiger partial charge >= 0.3 is 0 Å². The Hall–Kier alpha value is -0.860. The van der Waals surface area contributed by atoms with Crippen molar-refractivity contribution in [3.8, 4) is 0 Å². The zero-order chi connectivity index (χ0) is 14.8. The first-order chi connectivity index (χ1) is 9.36. The van der Waals surface area contributed by atoms with Crippen LogP contribution in [-0.2, 0) is 0 Å². The molecule has 0 bridgehead atoms. The maximum Gasteiger partial charge on any atom is 0.164 e. The van der Waals surface area contributed by atoms with E-state index < -0.39 is 0 Å². The number of likely N-dealkylation sites (tertiary alicyclic amines) is 1. The van der Waals surface area contributed by atoms with Gasteiger partial charge in [0.2, 0.25) is 0 Å². The summed E-state index contributed by atoms with van der Waals surface area (Å²) in [5.41, 5.74) is 1.13. The van der Waals surface area contributed by atoms with Gasteiger partial charge in [-0.1, -0.05) is 32.4 Å². The fourth-order valence-corrected chi connectivity index (χ4v) is 2.91. The Morgan fingerprint density at radius 2 is 1.95 bits per heavy atom. The molecule has 1 aliphatic heterocycles. The van der Waals surface area contributed by atoms with E-state index in [2.05, 4.69) is 25.7 Å². The summed E-state index contributed by atoms with van der Waals surface area (Å²) in [5.74, 6) is 0.953. The van der Waals surface area contributed by atoms with Gasteiger partial charge in [-0.2, -0.15) is 0 Å². The summed E-state index contributed by atoms with van der Waals surface area (Å²) in [4.78, 5) is 14.5. The second-order valence-corrected chi connectivity index (χ2v) is 7.27. The molecule has 0 aromatic heterocycles. The van der Waals surface area contributed by atoms with Crippen molar-refractivity contribution in [2.75, 3.05) is 19.6 Å². The van der Waals surface area contributed by atoms with Gasteiger partial charge < -0.3 is 4.90 Å². The van der Waals surface area contributed by atoms with Gasteiger partial charge in [0.05, 0.1) is 0 Å². The summed E-state index contributed by atoms with van der Waals surface area (Å²) in [6.07, 6.45) is 1.84. The Balaban J connectivity index is 1.81. The SMILES string of the molecule is CC(C)(C)C1CCN(CCC(=O)c2ccc(Cl)cc2)C1. The average molecular weight is 294 g/mol. The number of benzene rings is 1. The van der Waals surface area contributed by atoms with E-state index in [0.29, 0.717) is 16.9 Å². The zero-order valence-electron chi connectivity index (χ0n) is 12.7. The molecular formula is C17H24ClNO. The van der Waals surface area contributed by atoms with Gasteiger partial charge in [0.15, 0.2) is 5.78 Å². The molecule has 1 aliphatic rings. The fraction of sp³-hybridized carbons (Fsp3) is 0.588. The highest BCUT2D eigenvalue weighted by atomic mass is 35.5. The molecule has 0 radical (unpaired) electrons. The van der Waals surface area contributed by atoms with Gasteiger partial charge in [0.25, 0.3) is 0 Å². The molecule has 0 amide bonds. The van der Waals surface area contributed by atoms with Crippen molar-refractivity contribution < 1.29 is 4.79 Å². The molecule has 0 spiro atoms. The summed E-state index contributed by atoms with van der Waals surface area (Å²) < 4.78 is 0. The van der Waals surface area contributed by atoms with Crippen LogP contribution in [-0.4, -0.2) is 30.3 Å². The number of Topliss-reactive ketones (excluding diaryl/α,β-unsaturated/α-hetero) is 1. The topological polar surface area (TPSA) is 20.3 Å². The molecule has 2 nitrogen and oxygen atoms in total. The van der Waals surface area contributed by atoms with Crippen molar-refractivity contribution in [1.82, 2.24) is 4.90 Å². The lowest BCUT2D eigenvalue weighted by atomic mass is 9.80. The molecule has 1 aromatic rings. The summed E-state index contributed by atoms with van der Waals surface area (Å²) in [7, 11) is 0. The molecule has 1 atom stereocenters. The summed E-state index contributed by atoms with van der Waals surface area (Å²) >= 11 is 5.84. The number of nitrogens with zero attached hydrogens (tertiary/aromatic N) is 1. The van der Waals surface area contributed by atoms with Gasteiger partial charge in [0.1, 0.15) is 0 Å². The van der Waals surface area contributed by atoms with Crippen LogP contribution in [0.4, 0.5) is 0 Å². The van der Waals surface area contributed by atoms with Crippen LogP contribution in [0.15, 0.2) is 24.3 Å². The van der Waals surface area contributed by atoms with Crippen molar-refractivity contribution in [2.45, 2.75) is 33.6 Å². The molecule has 1 fully saturated rings. The Labute approximate surface area is 127 Å². The zero-order valence-corrected chi connectivity index (χ0v) is 13.4. The van der Waals surface area contributed by atoms with E-state index in [1.165, 1.54) is 6.42 Å². The number of ketones is 1. The molecule has 0 saturated carbocycles. The summed E-state index contributed by atoms with van der Waals surface area (Å²) in [6, 6.07) is 7.18. The normalized spacial score (nSPS) is 20.3. The minimum Gasteiger partial charge on any atom is -0.303 e. The largest absolute Gasteiger partial charge is 0.303 e. The van der Waals surface area contributed by atoms with Crippen LogP contribution >= 0.6 is 11.6 Å². The fourth-order valence-electron chi connectivity index (χ4n) is 2.78. The lowest BCUT2D eigenvalue weighted by molar-refractivity contribution is 0.0967. The molecule has 0 aliphatic carbocycles. The Morgan fingerprint density at radius 1 is 1.30 bits per heavy atom. The highest BCUT2D eigenvalue weighted by molar-refractivity contribution is 6.30. The van der Waals surface area contributed by atoms with Crippen LogP contribution < -0.4 is 0 Å². The van der Waals surface area contributed by atoms with Gasteiger partial charge in [-0.05, 0) is 48.6 Å². The molecule has 1 aromatic carbocycles. The summed E-state index contributed by atoms with van der Waals surface area (Å²) in [5, 5.41) is 0.675. The molecule has 110 valence electrons. The minimum atomic E-state index is 0.209. The van der Waals surface area contributed by atoms with E-state index >= 15 is 0 Å². The number of hydrogen-bond donors (Lipinski definition) is 0. The van der Waals surface area contributed by atoms with E-state index in [-0.39, 0.29) is 5.78 Å². The van der Waals surface area contributed by atoms with Gasteiger partial charge in [-0.15, -0.1) is 0 Å². The second kappa shape index (κ2) is 6.28.